The van der Waals surface area contributed by atoms with Crippen molar-refractivity contribution in [3.8, 4) is 0 Å². The highest BCUT2D eigenvalue weighted by Gasteiger charge is 2.10. The number of hydrogen-bond acceptors (Lipinski definition) is 4. The minimum absolute atomic E-state index is 0.0125. The molecule has 5 nitrogen and oxygen atoms in total. The first-order valence-electron chi connectivity index (χ1n) is 7.34. The molecule has 0 heterocycles. The average molecular weight is 346 g/mol. The Labute approximate surface area is 144 Å². The predicted octanol–water partition coefficient (Wildman–Crippen LogP) is 2.89. The fourth-order valence-corrected chi connectivity index (χ4v) is 2.03. The van der Waals surface area contributed by atoms with Crippen LogP contribution >= 0.6 is 11.6 Å². The summed E-state index contributed by atoms with van der Waals surface area (Å²) in [6.45, 7) is -0.187. The number of Topliss-reactive ketones (excluding diaryl/α,β-unsaturated/α-hetero) is 1. The maximum absolute atomic E-state index is 11.8. The molecule has 0 aliphatic carbocycles. The third-order valence-electron chi connectivity index (χ3n) is 3.18. The zero-order valence-electron chi connectivity index (χ0n) is 12.8. The Balaban J connectivity index is 1.69. The van der Waals surface area contributed by atoms with Gasteiger partial charge in [0, 0.05) is 22.7 Å². The molecule has 0 aliphatic rings. The number of ketones is 1. The summed E-state index contributed by atoms with van der Waals surface area (Å²) >= 11 is 5.75. The Morgan fingerprint density at radius 1 is 0.917 bits per heavy atom. The Kier molecular flexibility index (Phi) is 6.51. The van der Waals surface area contributed by atoms with Crippen molar-refractivity contribution >= 4 is 29.3 Å². The normalized spacial score (nSPS) is 10.0. The van der Waals surface area contributed by atoms with Crippen molar-refractivity contribution in [3.63, 3.8) is 0 Å². The number of hydrogen-bond donors (Lipinski definition) is 1. The second-order valence-electron chi connectivity index (χ2n) is 4.96. The maximum atomic E-state index is 11.8. The summed E-state index contributed by atoms with van der Waals surface area (Å²) in [5, 5.41) is 3.14. The molecule has 2 rings (SSSR count). The molecule has 2 aromatic carbocycles. The summed E-state index contributed by atoms with van der Waals surface area (Å²) < 4.78 is 4.90. The van der Waals surface area contributed by atoms with Gasteiger partial charge in [0.2, 0.25) is 0 Å². The van der Waals surface area contributed by atoms with Gasteiger partial charge in [-0.1, -0.05) is 41.9 Å². The number of halogens is 1. The quantitative estimate of drug-likeness (QED) is 0.618. The van der Waals surface area contributed by atoms with Crippen LogP contribution in [0.15, 0.2) is 54.6 Å². The van der Waals surface area contributed by atoms with Crippen LogP contribution in [0.5, 0.6) is 0 Å². The Morgan fingerprint density at radius 2 is 1.58 bits per heavy atom. The fourth-order valence-electron chi connectivity index (χ4n) is 1.91. The Bertz CT molecular complexity index is 714. The highest BCUT2D eigenvalue weighted by Crippen LogP contribution is 2.09. The molecule has 2 aromatic rings. The van der Waals surface area contributed by atoms with Gasteiger partial charge < -0.3 is 10.1 Å². The van der Waals surface area contributed by atoms with Crippen molar-refractivity contribution < 1.29 is 19.1 Å². The first-order valence-corrected chi connectivity index (χ1v) is 7.71. The third-order valence-corrected chi connectivity index (χ3v) is 3.43. The van der Waals surface area contributed by atoms with Gasteiger partial charge in [-0.2, -0.15) is 0 Å². The lowest BCUT2D eigenvalue weighted by atomic mass is 10.1. The first-order chi connectivity index (χ1) is 11.6. The molecule has 6 heteroatoms. The lowest BCUT2D eigenvalue weighted by molar-refractivity contribution is -0.142. The third kappa shape index (κ3) is 5.52. The highest BCUT2D eigenvalue weighted by atomic mass is 35.5. The Morgan fingerprint density at radius 3 is 2.25 bits per heavy atom. The second-order valence-corrected chi connectivity index (χ2v) is 5.40. The van der Waals surface area contributed by atoms with Gasteiger partial charge in [-0.15, -0.1) is 0 Å². The molecule has 1 amide bonds. The van der Waals surface area contributed by atoms with E-state index in [1.807, 2.05) is 0 Å². The molecule has 0 radical (unpaired) electrons. The van der Waals surface area contributed by atoms with Crippen LogP contribution < -0.4 is 5.32 Å². The zero-order valence-corrected chi connectivity index (χ0v) is 13.6. The van der Waals surface area contributed by atoms with Gasteiger partial charge in [-0.05, 0) is 24.3 Å². The maximum Gasteiger partial charge on any atom is 0.308 e. The van der Waals surface area contributed by atoms with Gasteiger partial charge in [0.25, 0.3) is 5.91 Å². The molecule has 0 unspecified atom stereocenters. The van der Waals surface area contributed by atoms with E-state index >= 15 is 0 Å². The van der Waals surface area contributed by atoms with Crippen molar-refractivity contribution in [2.45, 2.75) is 6.42 Å². The molecule has 0 saturated carbocycles. The standard InChI is InChI=1S/C18H16ClNO4/c19-15-8-6-14(7-9-15)18(23)20-11-10-17(22)24-12-16(21)13-4-2-1-3-5-13/h1-9H,10-12H2,(H,20,23). The van der Waals surface area contributed by atoms with E-state index in [2.05, 4.69) is 5.32 Å². The van der Waals surface area contributed by atoms with Gasteiger partial charge in [0.05, 0.1) is 6.42 Å². The SMILES string of the molecule is O=C(CCNC(=O)c1ccc(Cl)cc1)OCC(=O)c1ccccc1. The topological polar surface area (TPSA) is 72.5 Å². The largest absolute Gasteiger partial charge is 0.457 e. The van der Waals surface area contributed by atoms with Crippen LogP contribution in [-0.4, -0.2) is 30.8 Å². The summed E-state index contributed by atoms with van der Waals surface area (Å²) in [5.74, 6) is -1.12. The number of rotatable bonds is 7. The van der Waals surface area contributed by atoms with Crippen molar-refractivity contribution in [2.75, 3.05) is 13.2 Å². The number of ether oxygens (including phenoxy) is 1. The Hall–Kier alpha value is -2.66. The number of esters is 1. The molecule has 0 fully saturated rings. The monoisotopic (exact) mass is 345 g/mol. The van der Waals surface area contributed by atoms with Crippen LogP contribution in [0.3, 0.4) is 0 Å². The van der Waals surface area contributed by atoms with E-state index in [1.54, 1.807) is 54.6 Å². The molecule has 0 aliphatic heterocycles. The van der Waals surface area contributed by atoms with E-state index in [0.29, 0.717) is 16.1 Å². The van der Waals surface area contributed by atoms with Gasteiger partial charge in [0.1, 0.15) is 0 Å². The molecule has 0 saturated heterocycles. The van der Waals surface area contributed by atoms with E-state index in [0.717, 1.165) is 0 Å². The average Bonchev–Trinajstić information content (AvgIpc) is 2.61. The van der Waals surface area contributed by atoms with E-state index < -0.39 is 5.97 Å². The zero-order chi connectivity index (χ0) is 17.4. The minimum Gasteiger partial charge on any atom is -0.457 e. The molecule has 124 valence electrons. The van der Waals surface area contributed by atoms with Crippen LogP contribution in [0.4, 0.5) is 0 Å². The number of benzene rings is 2. The first kappa shape index (κ1) is 17.7. The number of amides is 1. The van der Waals surface area contributed by atoms with Crippen LogP contribution in [-0.2, 0) is 9.53 Å². The van der Waals surface area contributed by atoms with Crippen molar-refractivity contribution in [1.29, 1.82) is 0 Å². The lowest BCUT2D eigenvalue weighted by Gasteiger charge is -2.06. The summed E-state index contributed by atoms with van der Waals surface area (Å²) in [4.78, 5) is 35.2. The molecular formula is C18H16ClNO4. The lowest BCUT2D eigenvalue weighted by Crippen LogP contribution is -2.27. The van der Waals surface area contributed by atoms with Crippen molar-refractivity contribution in [2.24, 2.45) is 0 Å². The van der Waals surface area contributed by atoms with E-state index in [9.17, 15) is 14.4 Å². The summed E-state index contributed by atoms with van der Waals surface area (Å²) in [6.07, 6.45) is -0.0125. The molecule has 0 spiro atoms. The molecule has 1 N–H and O–H groups in total. The van der Waals surface area contributed by atoms with Gasteiger partial charge in [-0.25, -0.2) is 0 Å². The van der Waals surface area contributed by atoms with E-state index in [1.165, 1.54) is 0 Å². The van der Waals surface area contributed by atoms with Crippen LogP contribution in [0.2, 0.25) is 5.02 Å². The molecule has 0 atom stereocenters. The van der Waals surface area contributed by atoms with Gasteiger partial charge in [-0.3, -0.25) is 14.4 Å². The highest BCUT2D eigenvalue weighted by molar-refractivity contribution is 6.30. The molecule has 0 aromatic heterocycles. The summed E-state index contributed by atoms with van der Waals surface area (Å²) in [5.41, 5.74) is 0.938. The van der Waals surface area contributed by atoms with Crippen molar-refractivity contribution in [3.05, 3.63) is 70.7 Å². The summed E-state index contributed by atoms with van der Waals surface area (Å²) in [7, 11) is 0. The van der Waals surface area contributed by atoms with Gasteiger partial charge >= 0.3 is 5.97 Å². The number of carbonyl (C=O) groups is 3. The summed E-state index contributed by atoms with van der Waals surface area (Å²) in [6, 6.07) is 15.0. The van der Waals surface area contributed by atoms with Gasteiger partial charge in [0.15, 0.2) is 12.4 Å². The van der Waals surface area contributed by atoms with Crippen LogP contribution in [0.1, 0.15) is 27.1 Å². The van der Waals surface area contributed by atoms with Crippen LogP contribution in [0, 0.1) is 0 Å². The molecular weight excluding hydrogens is 330 g/mol. The molecule has 24 heavy (non-hydrogen) atoms. The minimum atomic E-state index is -0.546. The molecule has 0 bridgehead atoms. The fraction of sp³-hybridized carbons (Fsp3) is 0.167. The predicted molar refractivity (Wildman–Crippen MR) is 90.1 cm³/mol. The van der Waals surface area contributed by atoms with E-state index in [-0.39, 0.29) is 31.3 Å². The number of carbonyl (C=O) groups excluding carboxylic acids is 3. The van der Waals surface area contributed by atoms with Crippen molar-refractivity contribution in [1.82, 2.24) is 5.32 Å². The number of nitrogens with one attached hydrogen (secondary N) is 1. The second kappa shape index (κ2) is 8.84. The smallest absolute Gasteiger partial charge is 0.308 e. The van der Waals surface area contributed by atoms with E-state index in [4.69, 9.17) is 16.3 Å². The van der Waals surface area contributed by atoms with Crippen LogP contribution in [0.25, 0.3) is 0 Å².